The van der Waals surface area contributed by atoms with Gasteiger partial charge >= 0.3 is 0 Å². The Morgan fingerprint density at radius 1 is 1.03 bits per heavy atom. The Morgan fingerprint density at radius 2 is 1.88 bits per heavy atom. The second-order valence-corrected chi connectivity index (χ2v) is 7.96. The first-order valence-corrected chi connectivity index (χ1v) is 11.1. The van der Waals surface area contributed by atoms with Crippen molar-refractivity contribution in [3.05, 3.63) is 58.8 Å². The van der Waals surface area contributed by atoms with E-state index in [1.165, 1.54) is 24.1 Å². The molecule has 32 heavy (non-hydrogen) atoms. The standard InChI is InChI=1S/C25H29N3O4/c1-3-26-24(29)15-32-22-11-8-16(12-23(22)31-2)14-27-25(30)17-9-10-21-19(13-17)18-6-4-5-7-20(18)28-21/h8-13,28H,3-7,14-15H2,1-2H3,(H,26,29)(H,27,30). The van der Waals surface area contributed by atoms with Gasteiger partial charge in [0.05, 0.1) is 7.11 Å². The van der Waals surface area contributed by atoms with E-state index in [1.807, 2.05) is 31.2 Å². The predicted molar refractivity (Wildman–Crippen MR) is 123 cm³/mol. The normalized spacial score (nSPS) is 12.8. The third-order valence-corrected chi connectivity index (χ3v) is 5.77. The number of likely N-dealkylation sites (N-methyl/N-ethyl adjacent to an activating group) is 1. The maximum Gasteiger partial charge on any atom is 0.257 e. The van der Waals surface area contributed by atoms with Crippen LogP contribution < -0.4 is 20.1 Å². The van der Waals surface area contributed by atoms with Crippen LogP contribution in [0.1, 0.15) is 46.9 Å². The predicted octanol–water partition coefficient (Wildman–Crippen LogP) is 3.50. The quantitative estimate of drug-likeness (QED) is 0.505. The highest BCUT2D eigenvalue weighted by atomic mass is 16.5. The van der Waals surface area contributed by atoms with Crippen LogP contribution in [0.2, 0.25) is 0 Å². The van der Waals surface area contributed by atoms with Gasteiger partial charge in [-0.25, -0.2) is 0 Å². The Bertz CT molecular complexity index is 1140. The van der Waals surface area contributed by atoms with E-state index in [-0.39, 0.29) is 18.4 Å². The summed E-state index contributed by atoms with van der Waals surface area (Å²) in [4.78, 5) is 27.9. The van der Waals surface area contributed by atoms with Crippen molar-refractivity contribution in [1.82, 2.24) is 15.6 Å². The van der Waals surface area contributed by atoms with Gasteiger partial charge in [0.2, 0.25) is 0 Å². The minimum Gasteiger partial charge on any atom is -0.493 e. The zero-order valence-electron chi connectivity index (χ0n) is 18.5. The van der Waals surface area contributed by atoms with E-state index in [9.17, 15) is 9.59 Å². The van der Waals surface area contributed by atoms with Crippen molar-refractivity contribution in [3.63, 3.8) is 0 Å². The summed E-state index contributed by atoms with van der Waals surface area (Å²) < 4.78 is 10.9. The zero-order valence-corrected chi connectivity index (χ0v) is 18.5. The summed E-state index contributed by atoms with van der Waals surface area (Å²) in [6.45, 7) is 2.68. The van der Waals surface area contributed by atoms with Gasteiger partial charge in [-0.1, -0.05) is 6.07 Å². The average Bonchev–Trinajstić information content (AvgIpc) is 3.19. The molecule has 1 aliphatic carbocycles. The average molecular weight is 436 g/mol. The molecule has 1 aliphatic rings. The number of aromatic nitrogens is 1. The molecule has 0 radical (unpaired) electrons. The van der Waals surface area contributed by atoms with Crippen LogP contribution in [-0.2, 0) is 24.2 Å². The number of hydrogen-bond donors (Lipinski definition) is 3. The summed E-state index contributed by atoms with van der Waals surface area (Å²) in [5.41, 5.74) is 5.29. The van der Waals surface area contributed by atoms with Crippen LogP contribution in [0.25, 0.3) is 10.9 Å². The van der Waals surface area contributed by atoms with Gasteiger partial charge in [0, 0.05) is 35.2 Å². The first-order valence-electron chi connectivity index (χ1n) is 11.1. The number of fused-ring (bicyclic) bond motifs is 3. The number of hydrogen-bond acceptors (Lipinski definition) is 4. The molecule has 0 saturated heterocycles. The number of nitrogens with one attached hydrogen (secondary N) is 3. The number of H-pyrrole nitrogens is 1. The van der Waals surface area contributed by atoms with Crippen LogP contribution in [0.4, 0.5) is 0 Å². The summed E-state index contributed by atoms with van der Waals surface area (Å²) in [6.07, 6.45) is 4.55. The van der Waals surface area contributed by atoms with Gasteiger partial charge in [0.1, 0.15) is 0 Å². The lowest BCUT2D eigenvalue weighted by molar-refractivity contribution is -0.123. The van der Waals surface area contributed by atoms with E-state index in [1.54, 1.807) is 19.2 Å². The number of methoxy groups -OCH3 is 1. The lowest BCUT2D eigenvalue weighted by atomic mass is 9.95. The largest absolute Gasteiger partial charge is 0.493 e. The second kappa shape index (κ2) is 9.77. The van der Waals surface area contributed by atoms with E-state index >= 15 is 0 Å². The molecule has 1 aromatic heterocycles. The summed E-state index contributed by atoms with van der Waals surface area (Å²) in [5.74, 6) is 0.692. The Labute approximate surface area is 187 Å². The molecule has 3 aromatic rings. The zero-order chi connectivity index (χ0) is 22.5. The highest BCUT2D eigenvalue weighted by Gasteiger charge is 2.17. The molecule has 2 aromatic carbocycles. The molecule has 0 unspecified atom stereocenters. The van der Waals surface area contributed by atoms with Gasteiger partial charge < -0.3 is 25.1 Å². The van der Waals surface area contributed by atoms with Crippen LogP contribution in [0.3, 0.4) is 0 Å². The molecule has 0 atom stereocenters. The Hall–Kier alpha value is -3.48. The van der Waals surface area contributed by atoms with Crippen LogP contribution in [0, 0.1) is 0 Å². The number of ether oxygens (including phenoxy) is 2. The monoisotopic (exact) mass is 435 g/mol. The first kappa shape index (κ1) is 21.7. The molecule has 4 rings (SSSR count). The molecule has 7 heteroatoms. The molecule has 0 bridgehead atoms. The molecule has 0 spiro atoms. The summed E-state index contributed by atoms with van der Waals surface area (Å²) in [7, 11) is 1.55. The molecule has 2 amide bonds. The van der Waals surface area contributed by atoms with Crippen molar-refractivity contribution < 1.29 is 19.1 Å². The van der Waals surface area contributed by atoms with Crippen LogP contribution >= 0.6 is 0 Å². The molecule has 0 saturated carbocycles. The fourth-order valence-corrected chi connectivity index (χ4v) is 4.16. The van der Waals surface area contributed by atoms with Crippen LogP contribution in [0.15, 0.2) is 36.4 Å². The minimum atomic E-state index is -0.188. The van der Waals surface area contributed by atoms with E-state index in [0.29, 0.717) is 30.2 Å². The van der Waals surface area contributed by atoms with Gasteiger partial charge in [0.25, 0.3) is 11.8 Å². The number of amides is 2. The molecular weight excluding hydrogens is 406 g/mol. The maximum absolute atomic E-state index is 12.8. The minimum absolute atomic E-state index is 0.0778. The number of aryl methyl sites for hydroxylation is 2. The number of benzene rings is 2. The highest BCUT2D eigenvalue weighted by Crippen LogP contribution is 2.30. The summed E-state index contributed by atoms with van der Waals surface area (Å²) >= 11 is 0. The van der Waals surface area contributed by atoms with Crippen LogP contribution in [-0.4, -0.2) is 37.1 Å². The van der Waals surface area contributed by atoms with Crippen molar-refractivity contribution in [2.45, 2.75) is 39.2 Å². The van der Waals surface area contributed by atoms with Crippen molar-refractivity contribution in [3.8, 4) is 11.5 Å². The molecule has 1 heterocycles. The van der Waals surface area contributed by atoms with Gasteiger partial charge in [-0.05, 0) is 74.1 Å². The Balaban J connectivity index is 1.41. The molecule has 0 aliphatic heterocycles. The fourth-order valence-electron chi connectivity index (χ4n) is 4.16. The van der Waals surface area contributed by atoms with Crippen molar-refractivity contribution in [2.24, 2.45) is 0 Å². The molecule has 0 fully saturated rings. The van der Waals surface area contributed by atoms with E-state index < -0.39 is 0 Å². The number of carbonyl (C=O) groups excluding carboxylic acids is 2. The Morgan fingerprint density at radius 3 is 2.69 bits per heavy atom. The number of rotatable bonds is 8. The summed E-state index contributed by atoms with van der Waals surface area (Å²) in [6, 6.07) is 11.2. The lowest BCUT2D eigenvalue weighted by Crippen LogP contribution is -2.28. The number of aromatic amines is 1. The van der Waals surface area contributed by atoms with Crippen LogP contribution in [0.5, 0.6) is 11.5 Å². The van der Waals surface area contributed by atoms with E-state index in [0.717, 1.165) is 29.3 Å². The van der Waals surface area contributed by atoms with Crippen molar-refractivity contribution >= 4 is 22.7 Å². The number of carbonyl (C=O) groups is 2. The topological polar surface area (TPSA) is 92.5 Å². The molecular formula is C25H29N3O4. The van der Waals surface area contributed by atoms with Gasteiger partial charge in [-0.15, -0.1) is 0 Å². The van der Waals surface area contributed by atoms with Crippen molar-refractivity contribution in [1.29, 1.82) is 0 Å². The van der Waals surface area contributed by atoms with E-state index in [4.69, 9.17) is 9.47 Å². The van der Waals surface area contributed by atoms with E-state index in [2.05, 4.69) is 15.6 Å². The highest BCUT2D eigenvalue weighted by molar-refractivity contribution is 5.99. The molecule has 168 valence electrons. The van der Waals surface area contributed by atoms with Gasteiger partial charge in [0.15, 0.2) is 18.1 Å². The third-order valence-electron chi connectivity index (χ3n) is 5.77. The van der Waals surface area contributed by atoms with Gasteiger partial charge in [-0.3, -0.25) is 9.59 Å². The smallest absolute Gasteiger partial charge is 0.257 e. The van der Waals surface area contributed by atoms with Gasteiger partial charge in [-0.2, -0.15) is 0 Å². The SMILES string of the molecule is CCNC(=O)COc1ccc(CNC(=O)c2ccc3[nH]c4c(c3c2)CCCC4)cc1OC. The second-order valence-electron chi connectivity index (χ2n) is 7.96. The fraction of sp³-hybridized carbons (Fsp3) is 0.360. The molecule has 3 N–H and O–H groups in total. The third kappa shape index (κ3) is 4.72. The Kier molecular flexibility index (Phi) is 6.63. The van der Waals surface area contributed by atoms with Crippen molar-refractivity contribution in [2.75, 3.05) is 20.3 Å². The molecule has 7 nitrogen and oxygen atoms in total. The first-order chi connectivity index (χ1) is 15.6. The summed E-state index contributed by atoms with van der Waals surface area (Å²) in [5, 5.41) is 6.82. The lowest BCUT2D eigenvalue weighted by Gasteiger charge is -2.13. The maximum atomic E-state index is 12.8.